The van der Waals surface area contributed by atoms with Crippen LogP contribution in [-0.4, -0.2) is 42.3 Å². The first-order valence-corrected chi connectivity index (χ1v) is 5.57. The Labute approximate surface area is 105 Å². The minimum absolute atomic E-state index is 0.232. The third-order valence-corrected chi connectivity index (χ3v) is 2.05. The lowest BCUT2D eigenvalue weighted by Gasteiger charge is -2.09. The standard InChI is InChI=1S/C8H14N2O3.C3H4O2/c1-2-13-8(12)10-7(11)6-4-3-5-9-6;1-2-3(4)5/h6,9H,2-5H2,1H3,(H,10,11,12);2H,1H2,(H,4,5)/t6-;/m0./s1. The number of ether oxygens (including phenoxy) is 1. The molecule has 0 aromatic heterocycles. The smallest absolute Gasteiger partial charge is 0.413 e. The third kappa shape index (κ3) is 7.39. The van der Waals surface area contributed by atoms with E-state index in [1.165, 1.54) is 0 Å². The summed E-state index contributed by atoms with van der Waals surface area (Å²) in [6.45, 7) is 5.76. The molecule has 0 unspecified atom stereocenters. The molecule has 18 heavy (non-hydrogen) atoms. The van der Waals surface area contributed by atoms with Gasteiger partial charge in [0.1, 0.15) is 0 Å². The molecule has 7 nitrogen and oxygen atoms in total. The van der Waals surface area contributed by atoms with Crippen molar-refractivity contribution in [3.8, 4) is 0 Å². The van der Waals surface area contributed by atoms with Crippen LogP contribution in [0.25, 0.3) is 0 Å². The molecule has 2 amide bonds. The van der Waals surface area contributed by atoms with Crippen LogP contribution >= 0.6 is 0 Å². The molecule has 0 radical (unpaired) electrons. The number of aliphatic carboxylic acids is 1. The summed E-state index contributed by atoms with van der Waals surface area (Å²) in [4.78, 5) is 31.3. The molecule has 0 aliphatic carbocycles. The lowest BCUT2D eigenvalue weighted by atomic mass is 10.2. The van der Waals surface area contributed by atoms with E-state index in [1.807, 2.05) is 0 Å². The van der Waals surface area contributed by atoms with Crippen LogP contribution in [-0.2, 0) is 14.3 Å². The maximum absolute atomic E-state index is 11.3. The third-order valence-electron chi connectivity index (χ3n) is 2.05. The molecule has 0 aromatic rings. The molecule has 0 aromatic carbocycles. The van der Waals surface area contributed by atoms with Gasteiger partial charge in [-0.2, -0.15) is 0 Å². The number of carboxylic acids is 1. The predicted molar refractivity (Wildman–Crippen MR) is 64.0 cm³/mol. The number of nitrogens with one attached hydrogen (secondary N) is 2. The second-order valence-corrected chi connectivity index (χ2v) is 3.40. The Balaban J connectivity index is 0.000000494. The number of carboxylic acid groups (broad SMARTS) is 1. The van der Waals surface area contributed by atoms with Gasteiger partial charge in [0, 0.05) is 6.08 Å². The van der Waals surface area contributed by atoms with Gasteiger partial charge in [-0.3, -0.25) is 10.1 Å². The van der Waals surface area contributed by atoms with E-state index in [0.717, 1.165) is 25.5 Å². The fraction of sp³-hybridized carbons (Fsp3) is 0.545. The molecule has 1 atom stereocenters. The Hall–Kier alpha value is -1.89. The van der Waals surface area contributed by atoms with Gasteiger partial charge >= 0.3 is 12.1 Å². The Morgan fingerprint density at radius 2 is 2.17 bits per heavy atom. The highest BCUT2D eigenvalue weighted by Gasteiger charge is 2.23. The van der Waals surface area contributed by atoms with Crippen molar-refractivity contribution in [2.45, 2.75) is 25.8 Å². The first-order chi connectivity index (χ1) is 8.51. The minimum atomic E-state index is -0.981. The quantitative estimate of drug-likeness (QED) is 0.627. The summed E-state index contributed by atoms with van der Waals surface area (Å²) >= 11 is 0. The average molecular weight is 258 g/mol. The molecule has 0 bridgehead atoms. The largest absolute Gasteiger partial charge is 0.478 e. The number of hydrogen-bond donors (Lipinski definition) is 3. The van der Waals surface area contributed by atoms with Gasteiger partial charge in [0.15, 0.2) is 0 Å². The zero-order valence-corrected chi connectivity index (χ0v) is 10.3. The van der Waals surface area contributed by atoms with Crippen LogP contribution in [0.3, 0.4) is 0 Å². The zero-order chi connectivity index (χ0) is 14.0. The van der Waals surface area contributed by atoms with Crippen molar-refractivity contribution in [2.24, 2.45) is 0 Å². The fourth-order valence-electron chi connectivity index (χ4n) is 1.26. The summed E-state index contributed by atoms with van der Waals surface area (Å²) in [6, 6.07) is -0.232. The van der Waals surface area contributed by atoms with Crippen LogP contribution in [0.15, 0.2) is 12.7 Å². The monoisotopic (exact) mass is 258 g/mol. The Morgan fingerprint density at radius 1 is 1.56 bits per heavy atom. The molecule has 1 aliphatic rings. The van der Waals surface area contributed by atoms with E-state index in [0.29, 0.717) is 0 Å². The summed E-state index contributed by atoms with van der Waals surface area (Å²) in [5.41, 5.74) is 0. The molecule has 0 spiro atoms. The van der Waals surface area contributed by atoms with Gasteiger partial charge in [-0.05, 0) is 26.3 Å². The van der Waals surface area contributed by atoms with E-state index in [1.54, 1.807) is 6.92 Å². The van der Waals surface area contributed by atoms with Crippen molar-refractivity contribution in [3.63, 3.8) is 0 Å². The summed E-state index contributed by atoms with van der Waals surface area (Å²) in [6.07, 6.45) is 1.92. The first-order valence-electron chi connectivity index (χ1n) is 5.57. The summed E-state index contributed by atoms with van der Waals surface area (Å²) in [5, 5.41) is 12.7. The molecule has 1 fully saturated rings. The van der Waals surface area contributed by atoms with Gasteiger partial charge in [-0.1, -0.05) is 6.58 Å². The highest BCUT2D eigenvalue weighted by Crippen LogP contribution is 2.04. The molecule has 7 heteroatoms. The van der Waals surface area contributed by atoms with Gasteiger partial charge < -0.3 is 15.2 Å². The SMILES string of the molecule is C=CC(=O)O.CCOC(=O)NC(=O)[C@@H]1CCCN1. The van der Waals surface area contributed by atoms with Gasteiger partial charge in [-0.15, -0.1) is 0 Å². The van der Waals surface area contributed by atoms with Gasteiger partial charge in [-0.25, -0.2) is 9.59 Å². The molecular formula is C11H18N2O5. The lowest BCUT2D eigenvalue weighted by Crippen LogP contribution is -2.43. The molecular weight excluding hydrogens is 240 g/mol. The zero-order valence-electron chi connectivity index (χ0n) is 10.3. The second-order valence-electron chi connectivity index (χ2n) is 3.40. The van der Waals surface area contributed by atoms with E-state index in [9.17, 15) is 14.4 Å². The van der Waals surface area contributed by atoms with Crippen molar-refractivity contribution >= 4 is 18.0 Å². The topological polar surface area (TPSA) is 105 Å². The van der Waals surface area contributed by atoms with E-state index in [2.05, 4.69) is 21.9 Å². The van der Waals surface area contributed by atoms with Crippen LogP contribution in [0, 0.1) is 0 Å². The van der Waals surface area contributed by atoms with Crippen LogP contribution in [0.4, 0.5) is 4.79 Å². The van der Waals surface area contributed by atoms with Crippen molar-refractivity contribution < 1.29 is 24.2 Å². The number of hydrogen-bond acceptors (Lipinski definition) is 5. The highest BCUT2D eigenvalue weighted by molar-refractivity contribution is 5.94. The molecule has 1 heterocycles. The van der Waals surface area contributed by atoms with Gasteiger partial charge in [0.25, 0.3) is 0 Å². The molecule has 1 rings (SSSR count). The fourth-order valence-corrected chi connectivity index (χ4v) is 1.26. The Kier molecular flexibility index (Phi) is 8.21. The highest BCUT2D eigenvalue weighted by atomic mass is 16.5. The maximum atomic E-state index is 11.3. The predicted octanol–water partition coefficient (Wildman–Crippen LogP) is 0.268. The number of imide groups is 1. The normalized spacial score (nSPS) is 17.1. The van der Waals surface area contributed by atoms with Crippen LogP contribution < -0.4 is 10.6 Å². The van der Waals surface area contributed by atoms with Gasteiger partial charge in [0.2, 0.25) is 5.91 Å². The van der Waals surface area contributed by atoms with Crippen LogP contribution in [0.2, 0.25) is 0 Å². The van der Waals surface area contributed by atoms with E-state index in [-0.39, 0.29) is 18.6 Å². The average Bonchev–Trinajstić information content (AvgIpc) is 2.83. The number of rotatable bonds is 3. The lowest BCUT2D eigenvalue weighted by molar-refractivity contribution is -0.131. The first kappa shape index (κ1) is 16.1. The minimum Gasteiger partial charge on any atom is -0.478 e. The Bertz CT molecular complexity index is 311. The molecule has 102 valence electrons. The Morgan fingerprint density at radius 3 is 2.56 bits per heavy atom. The summed E-state index contributed by atoms with van der Waals surface area (Å²) < 4.78 is 4.57. The van der Waals surface area contributed by atoms with Crippen LogP contribution in [0.1, 0.15) is 19.8 Å². The number of amides is 2. The molecule has 3 N–H and O–H groups in total. The van der Waals surface area contributed by atoms with Crippen molar-refractivity contribution in [1.29, 1.82) is 0 Å². The van der Waals surface area contributed by atoms with Crippen molar-refractivity contribution in [3.05, 3.63) is 12.7 Å². The second kappa shape index (κ2) is 9.17. The number of alkyl carbamates (subject to hydrolysis) is 1. The molecule has 1 aliphatic heterocycles. The van der Waals surface area contributed by atoms with E-state index in [4.69, 9.17) is 5.11 Å². The van der Waals surface area contributed by atoms with Crippen molar-refractivity contribution in [2.75, 3.05) is 13.2 Å². The van der Waals surface area contributed by atoms with E-state index < -0.39 is 12.1 Å². The van der Waals surface area contributed by atoms with Crippen molar-refractivity contribution in [1.82, 2.24) is 10.6 Å². The summed E-state index contributed by atoms with van der Waals surface area (Å²) in [5.74, 6) is -1.28. The van der Waals surface area contributed by atoms with Gasteiger partial charge in [0.05, 0.1) is 12.6 Å². The maximum Gasteiger partial charge on any atom is 0.413 e. The number of carbonyl (C=O) groups excluding carboxylic acids is 2. The van der Waals surface area contributed by atoms with E-state index >= 15 is 0 Å². The summed E-state index contributed by atoms with van der Waals surface area (Å²) in [7, 11) is 0. The molecule has 0 saturated carbocycles. The molecule has 1 saturated heterocycles. The van der Waals surface area contributed by atoms with Crippen LogP contribution in [0.5, 0.6) is 0 Å². The number of carbonyl (C=O) groups is 3.